The summed E-state index contributed by atoms with van der Waals surface area (Å²) in [5.41, 5.74) is 6.12. The number of nitrogens with one attached hydrogen (secondary N) is 1. The van der Waals surface area contributed by atoms with Crippen LogP contribution in [0.4, 0.5) is 0 Å². The van der Waals surface area contributed by atoms with Crippen LogP contribution >= 0.6 is 0 Å². The molecule has 1 heterocycles. The van der Waals surface area contributed by atoms with Gasteiger partial charge in [-0.3, -0.25) is 5.10 Å². The smallest absolute Gasteiger partial charge is 0.151 e. The fourth-order valence-corrected chi connectivity index (χ4v) is 5.35. The summed E-state index contributed by atoms with van der Waals surface area (Å²) in [6.07, 6.45) is 9.85. The third-order valence-electron chi connectivity index (χ3n) is 5.47. The summed E-state index contributed by atoms with van der Waals surface area (Å²) in [4.78, 5) is 4.51. The molecular formula is C14H22N4. The van der Waals surface area contributed by atoms with Crippen LogP contribution in [-0.2, 0) is 13.0 Å². The van der Waals surface area contributed by atoms with Crippen LogP contribution in [-0.4, -0.2) is 15.2 Å². The van der Waals surface area contributed by atoms with Gasteiger partial charge in [0.05, 0.1) is 6.54 Å². The first-order chi connectivity index (χ1) is 8.75. The topological polar surface area (TPSA) is 67.6 Å². The lowest BCUT2D eigenvalue weighted by Crippen LogP contribution is -2.47. The van der Waals surface area contributed by atoms with E-state index in [0.717, 1.165) is 35.8 Å². The number of hydrogen-bond acceptors (Lipinski definition) is 3. The van der Waals surface area contributed by atoms with Gasteiger partial charge in [-0.05, 0) is 61.7 Å². The summed E-state index contributed by atoms with van der Waals surface area (Å²) in [5, 5.41) is 7.30. The highest BCUT2D eigenvalue weighted by Gasteiger charge is 2.51. The summed E-state index contributed by atoms with van der Waals surface area (Å²) in [6.45, 7) is 0.466. The van der Waals surface area contributed by atoms with Crippen LogP contribution < -0.4 is 5.73 Å². The maximum absolute atomic E-state index is 5.59. The monoisotopic (exact) mass is 246 g/mol. The molecule has 0 unspecified atom stereocenters. The Balaban J connectivity index is 1.56. The highest BCUT2D eigenvalue weighted by atomic mass is 15.2. The SMILES string of the molecule is NCc1nc(CC23CC4CC(CC(C4)C2)C3)n[nH]1. The summed E-state index contributed by atoms with van der Waals surface area (Å²) >= 11 is 0. The van der Waals surface area contributed by atoms with Crippen LogP contribution in [0.2, 0.25) is 0 Å². The highest BCUT2D eigenvalue weighted by molar-refractivity contribution is 5.05. The van der Waals surface area contributed by atoms with Crippen molar-refractivity contribution in [1.29, 1.82) is 0 Å². The Morgan fingerprint density at radius 2 is 1.72 bits per heavy atom. The Morgan fingerprint density at radius 3 is 2.22 bits per heavy atom. The number of aromatic nitrogens is 3. The molecule has 0 aliphatic heterocycles. The lowest BCUT2D eigenvalue weighted by Gasteiger charge is -2.56. The fraction of sp³-hybridized carbons (Fsp3) is 0.857. The van der Waals surface area contributed by atoms with E-state index in [4.69, 9.17) is 5.73 Å². The number of nitrogens with zero attached hydrogens (tertiary/aromatic N) is 2. The molecule has 4 heteroatoms. The summed E-state index contributed by atoms with van der Waals surface area (Å²) < 4.78 is 0. The largest absolute Gasteiger partial charge is 0.324 e. The Kier molecular flexibility index (Phi) is 2.31. The first kappa shape index (κ1) is 11.0. The molecule has 4 bridgehead atoms. The van der Waals surface area contributed by atoms with E-state index in [2.05, 4.69) is 15.2 Å². The molecule has 0 atom stereocenters. The van der Waals surface area contributed by atoms with Gasteiger partial charge in [0.1, 0.15) is 5.82 Å². The Labute approximate surface area is 108 Å². The normalized spacial score (nSPS) is 41.5. The predicted molar refractivity (Wildman–Crippen MR) is 68.6 cm³/mol. The Bertz CT molecular complexity index is 415. The maximum Gasteiger partial charge on any atom is 0.151 e. The average Bonchev–Trinajstić information content (AvgIpc) is 2.74. The number of nitrogens with two attached hydrogens (primary N) is 1. The molecule has 0 radical (unpaired) electrons. The minimum absolute atomic E-state index is 0.466. The van der Waals surface area contributed by atoms with Crippen molar-refractivity contribution in [3.8, 4) is 0 Å². The molecule has 18 heavy (non-hydrogen) atoms. The Morgan fingerprint density at radius 1 is 1.11 bits per heavy atom. The van der Waals surface area contributed by atoms with Gasteiger partial charge in [-0.15, -0.1) is 0 Å². The molecule has 5 rings (SSSR count). The molecular weight excluding hydrogens is 224 g/mol. The Hall–Kier alpha value is -0.900. The zero-order chi connectivity index (χ0) is 12.2. The summed E-state index contributed by atoms with van der Waals surface area (Å²) in [7, 11) is 0. The van der Waals surface area contributed by atoms with Crippen molar-refractivity contribution in [2.45, 2.75) is 51.5 Å². The third-order valence-corrected chi connectivity index (χ3v) is 5.47. The molecule has 4 aliphatic rings. The molecule has 0 aromatic carbocycles. The van der Waals surface area contributed by atoms with Crippen molar-refractivity contribution in [1.82, 2.24) is 15.2 Å². The van der Waals surface area contributed by atoms with Gasteiger partial charge in [0.2, 0.25) is 0 Å². The average molecular weight is 246 g/mol. The number of H-pyrrole nitrogens is 1. The molecule has 4 aliphatic carbocycles. The summed E-state index contributed by atoms with van der Waals surface area (Å²) in [5.74, 6) is 4.84. The summed E-state index contributed by atoms with van der Waals surface area (Å²) in [6, 6.07) is 0. The lowest BCUT2D eigenvalue weighted by atomic mass is 9.49. The van der Waals surface area contributed by atoms with Gasteiger partial charge >= 0.3 is 0 Å². The van der Waals surface area contributed by atoms with Crippen LogP contribution in [0.15, 0.2) is 0 Å². The first-order valence-corrected chi connectivity index (χ1v) is 7.35. The van der Waals surface area contributed by atoms with Gasteiger partial charge in [0.15, 0.2) is 5.82 Å². The minimum Gasteiger partial charge on any atom is -0.324 e. The molecule has 4 nitrogen and oxygen atoms in total. The second kappa shape index (κ2) is 3.80. The van der Waals surface area contributed by atoms with Crippen LogP contribution in [0.3, 0.4) is 0 Å². The van der Waals surface area contributed by atoms with Crippen LogP contribution in [0, 0.1) is 23.2 Å². The number of hydrogen-bond donors (Lipinski definition) is 2. The molecule has 4 fully saturated rings. The van der Waals surface area contributed by atoms with Gasteiger partial charge in [0, 0.05) is 6.42 Å². The van der Waals surface area contributed by atoms with Gasteiger partial charge < -0.3 is 5.73 Å². The standard InChI is InChI=1S/C14H22N4/c15-8-13-16-12(17-18-13)7-14-4-9-1-10(5-14)3-11(2-9)6-14/h9-11H,1-8,15H2,(H,16,17,18). The number of rotatable bonds is 3. The molecule has 3 N–H and O–H groups in total. The number of aromatic amines is 1. The van der Waals surface area contributed by atoms with E-state index in [9.17, 15) is 0 Å². The predicted octanol–water partition coefficient (Wildman–Crippen LogP) is 2.02. The molecule has 4 saturated carbocycles. The van der Waals surface area contributed by atoms with E-state index in [1.807, 2.05) is 0 Å². The van der Waals surface area contributed by atoms with Gasteiger partial charge in [-0.2, -0.15) is 5.10 Å². The lowest BCUT2D eigenvalue weighted by molar-refractivity contribution is -0.0531. The van der Waals surface area contributed by atoms with E-state index in [1.165, 1.54) is 38.5 Å². The third kappa shape index (κ3) is 1.69. The van der Waals surface area contributed by atoms with E-state index in [1.54, 1.807) is 0 Å². The van der Waals surface area contributed by atoms with Crippen LogP contribution in [0.5, 0.6) is 0 Å². The van der Waals surface area contributed by atoms with Gasteiger partial charge in [0.25, 0.3) is 0 Å². The van der Waals surface area contributed by atoms with E-state index in [-0.39, 0.29) is 0 Å². The second-order valence-corrected chi connectivity index (χ2v) is 7.00. The molecule has 1 aromatic heterocycles. The molecule has 0 saturated heterocycles. The van der Waals surface area contributed by atoms with Gasteiger partial charge in [-0.25, -0.2) is 4.98 Å². The van der Waals surface area contributed by atoms with Crippen molar-refractivity contribution in [2.24, 2.45) is 28.9 Å². The van der Waals surface area contributed by atoms with E-state index >= 15 is 0 Å². The fourth-order valence-electron chi connectivity index (χ4n) is 5.35. The quantitative estimate of drug-likeness (QED) is 0.857. The minimum atomic E-state index is 0.466. The van der Waals surface area contributed by atoms with Crippen LogP contribution in [0.1, 0.15) is 50.2 Å². The maximum atomic E-state index is 5.59. The zero-order valence-corrected chi connectivity index (χ0v) is 10.9. The molecule has 1 aromatic rings. The van der Waals surface area contributed by atoms with Crippen molar-refractivity contribution in [2.75, 3.05) is 0 Å². The van der Waals surface area contributed by atoms with Crippen molar-refractivity contribution < 1.29 is 0 Å². The highest BCUT2D eigenvalue weighted by Crippen LogP contribution is 2.60. The molecule has 0 spiro atoms. The van der Waals surface area contributed by atoms with E-state index < -0.39 is 0 Å². The molecule has 0 amide bonds. The van der Waals surface area contributed by atoms with Crippen LogP contribution in [0.25, 0.3) is 0 Å². The second-order valence-electron chi connectivity index (χ2n) is 7.00. The van der Waals surface area contributed by atoms with E-state index in [0.29, 0.717) is 12.0 Å². The first-order valence-electron chi connectivity index (χ1n) is 7.35. The van der Waals surface area contributed by atoms with Gasteiger partial charge in [-0.1, -0.05) is 0 Å². The molecule has 98 valence electrons. The zero-order valence-electron chi connectivity index (χ0n) is 10.9. The van der Waals surface area contributed by atoms with Crippen molar-refractivity contribution in [3.05, 3.63) is 11.6 Å². The van der Waals surface area contributed by atoms with Crippen molar-refractivity contribution in [3.63, 3.8) is 0 Å². The van der Waals surface area contributed by atoms with Crippen molar-refractivity contribution >= 4 is 0 Å².